The highest BCUT2D eigenvalue weighted by atomic mass is 35.5. The van der Waals surface area contributed by atoms with E-state index in [-0.39, 0.29) is 142 Å². The summed E-state index contributed by atoms with van der Waals surface area (Å²) in [7, 11) is -18.1. The second-order valence-electron chi connectivity index (χ2n) is 34.2. The van der Waals surface area contributed by atoms with Crippen LogP contribution in [-0.2, 0) is 105 Å². The Labute approximate surface area is 783 Å². The number of halogens is 4. The zero-order valence-electron chi connectivity index (χ0n) is 73.7. The van der Waals surface area contributed by atoms with E-state index in [1.54, 1.807) is 121 Å². The molecule has 0 saturated heterocycles. The van der Waals surface area contributed by atoms with Crippen molar-refractivity contribution in [2.75, 3.05) is 38.0 Å². The topological polar surface area (TPSA) is 434 Å². The van der Waals surface area contributed by atoms with Crippen molar-refractivity contribution in [2.24, 2.45) is 5.73 Å². The lowest BCUT2D eigenvalue weighted by molar-refractivity contribution is -0.139. The number of primary amides is 1. The van der Waals surface area contributed by atoms with Gasteiger partial charge in [-0.1, -0.05) is 245 Å². The molecule has 36 heteroatoms. The molecule has 0 aliphatic rings. The fourth-order valence-corrected chi connectivity index (χ4v) is 18.2. The first-order chi connectivity index (χ1) is 60.9. The summed E-state index contributed by atoms with van der Waals surface area (Å²) in [6.45, 7) is 24.4. The Morgan fingerprint density at radius 2 is 0.573 bits per heavy atom. The van der Waals surface area contributed by atoms with Gasteiger partial charge in [0, 0.05) is 59.0 Å². The maximum absolute atomic E-state index is 13.2. The normalized spacial score (nSPS) is 11.9. The van der Waals surface area contributed by atoms with Crippen LogP contribution < -0.4 is 30.4 Å². The van der Waals surface area contributed by atoms with Crippen LogP contribution >= 0.6 is 46.4 Å². The number of methoxy groups -OCH3 is 1. The van der Waals surface area contributed by atoms with Gasteiger partial charge in [-0.2, -0.15) is 0 Å². The smallest absolute Gasteiger partial charge is 0.309 e. The molecule has 0 aliphatic heterocycles. The van der Waals surface area contributed by atoms with Gasteiger partial charge in [0.25, 0.3) is 40.1 Å². The van der Waals surface area contributed by atoms with Crippen molar-refractivity contribution in [3.05, 3.63) is 347 Å². The Bertz CT molecular complexity index is 6950. The molecule has 686 valence electrons. The maximum Gasteiger partial charge on any atom is 0.309 e. The number of esters is 1. The number of nitrogens with two attached hydrogens (primary N) is 2. The minimum absolute atomic E-state index is 0.00425. The SMILES string of the molecule is CC(C)(C)c1ccc(S(=O)(=O)Nc2cc(Cl)cnc2C(=O)c2cccc(CC(N)=O)c2)cc1.CC(C)(C)c1ccc(S(=O)(=O)Nc2cc(Cl)cnc2C(=O)c2cccc(CS(C)(=O)=O)c2)cc1.CC(C)(C)c1ccc(S(=O)(=O)Nc2cc(Cl)cnc2C(=O)c2cccc(N)c2)cc1.COC(=O)Cc1cccc(C(=O)c2ncc(Cl)cc2NS(=O)(=O)c2ccc(C(C)(C)C)cc2)c1. The lowest BCUT2D eigenvalue weighted by Gasteiger charge is -2.19. The van der Waals surface area contributed by atoms with Crippen LogP contribution in [-0.4, -0.2) is 110 Å². The van der Waals surface area contributed by atoms with Crippen molar-refractivity contribution in [3.8, 4) is 0 Å². The van der Waals surface area contributed by atoms with E-state index >= 15 is 0 Å². The summed E-state index contributed by atoms with van der Waals surface area (Å²) in [5.41, 5.74) is 16.7. The van der Waals surface area contributed by atoms with E-state index in [9.17, 15) is 70.9 Å². The minimum atomic E-state index is -4.04. The van der Waals surface area contributed by atoms with Gasteiger partial charge in [0.05, 0.1) is 88.1 Å². The summed E-state index contributed by atoms with van der Waals surface area (Å²) in [5, 5.41) is 0.662. The monoisotopic (exact) mass is 1950 g/mol. The summed E-state index contributed by atoms with van der Waals surface area (Å²) in [5.74, 6) is -3.31. The number of aromatic nitrogens is 4. The molecule has 8 aromatic carbocycles. The van der Waals surface area contributed by atoms with Crippen LogP contribution in [0, 0.1) is 0 Å². The number of sulfonamides is 4. The number of nitrogens with zero attached hydrogens (tertiary/aromatic N) is 4. The number of hydrogen-bond donors (Lipinski definition) is 6. The molecule has 4 heterocycles. The fourth-order valence-electron chi connectivity index (χ4n) is 12.6. The van der Waals surface area contributed by atoms with Gasteiger partial charge in [-0.3, -0.25) is 47.7 Å². The lowest BCUT2D eigenvalue weighted by atomic mass is 9.87. The van der Waals surface area contributed by atoms with Crippen LogP contribution in [0.4, 0.5) is 28.4 Å². The number of nitrogen functional groups attached to an aromatic ring is 1. The first-order valence-corrected chi connectivity index (χ1v) is 49.4. The number of carbonyl (C=O) groups is 6. The Hall–Kier alpha value is -12.1. The standard InChI is InChI=1S/C25H25ClN2O5S.C24H24ClN3O4S.C24H25ClN2O5S2.C22H22ClN3O3S/c1-25(2,3)18-8-10-20(11-9-18)34(31,32)28-21-14-19(26)15-27-23(21)24(30)17-7-5-6-16(12-17)13-22(29)33-4;1-24(2,3)17-7-9-19(10-8-17)33(31,32)28-20-13-18(25)14-27-22(20)23(30)16-6-4-5-15(11-16)12-21(26)29;1-24(2,3)18-8-10-20(11-9-18)34(31,32)27-21-13-19(25)14-26-22(21)23(28)17-7-5-6-16(12-17)15-33(4,29)30;1-22(2,3)15-7-9-18(10-8-15)30(28,29)26-19-12-16(23)13-25-20(19)21(27)14-5-4-6-17(24)11-14/h5-12,14-15,28H,13H2,1-4H3;4-11,13-14,28H,12H2,1-3H3,(H2,26,29);5-14,27H,15H2,1-4H3;4-13,26H,24H2,1-3H3. The zero-order chi connectivity index (χ0) is 96.9. The van der Waals surface area contributed by atoms with E-state index < -0.39 is 84.9 Å². The number of ether oxygens (including phenoxy) is 1. The molecule has 131 heavy (non-hydrogen) atoms. The van der Waals surface area contributed by atoms with Crippen LogP contribution in [0.25, 0.3) is 0 Å². The molecule has 0 bridgehead atoms. The first-order valence-electron chi connectivity index (χ1n) is 39.9. The molecular formula is C95H96Cl4N10O17S5. The van der Waals surface area contributed by atoms with Gasteiger partial charge in [0.15, 0.2) is 9.84 Å². The number of carbonyl (C=O) groups excluding carboxylic acids is 6. The van der Waals surface area contributed by atoms with Crippen molar-refractivity contribution in [2.45, 2.75) is 143 Å². The average Bonchev–Trinajstić information content (AvgIpc) is 0.801. The highest BCUT2D eigenvalue weighted by molar-refractivity contribution is 7.93. The van der Waals surface area contributed by atoms with E-state index in [2.05, 4.69) is 43.6 Å². The lowest BCUT2D eigenvalue weighted by Crippen LogP contribution is -2.18. The number of benzene rings is 8. The van der Waals surface area contributed by atoms with Crippen LogP contribution in [0.5, 0.6) is 0 Å². The van der Waals surface area contributed by atoms with Gasteiger partial charge in [0.1, 0.15) is 22.8 Å². The highest BCUT2D eigenvalue weighted by Crippen LogP contribution is 2.35. The Morgan fingerprint density at radius 3 is 0.809 bits per heavy atom. The van der Waals surface area contributed by atoms with Crippen LogP contribution in [0.2, 0.25) is 20.1 Å². The minimum Gasteiger partial charge on any atom is -0.469 e. The van der Waals surface area contributed by atoms with Crippen molar-refractivity contribution < 1.29 is 75.6 Å². The van der Waals surface area contributed by atoms with Crippen LogP contribution in [0.1, 0.15) is 186 Å². The Morgan fingerprint density at radius 1 is 0.336 bits per heavy atom. The number of anilines is 5. The first kappa shape index (κ1) is 103. The number of rotatable bonds is 26. The Kier molecular flexibility index (Phi) is 32.9. The molecule has 12 aromatic rings. The third kappa shape index (κ3) is 28.7. The fraction of sp³-hybridized carbons (Fsp3) is 0.221. The van der Waals surface area contributed by atoms with Gasteiger partial charge in [-0.05, 0) is 164 Å². The average molecular weight is 1950 g/mol. The number of ketones is 4. The molecule has 0 fully saturated rings. The molecule has 4 aromatic heterocycles. The summed E-state index contributed by atoms with van der Waals surface area (Å²) >= 11 is 24.1. The van der Waals surface area contributed by atoms with Crippen molar-refractivity contribution in [3.63, 3.8) is 0 Å². The summed E-state index contributed by atoms with van der Waals surface area (Å²) in [4.78, 5) is 91.7. The van der Waals surface area contributed by atoms with Gasteiger partial charge >= 0.3 is 5.97 Å². The Balaban J connectivity index is 0.000000197. The maximum atomic E-state index is 13.2. The molecule has 8 N–H and O–H groups in total. The van der Waals surface area contributed by atoms with Crippen molar-refractivity contribution >= 4 is 160 Å². The zero-order valence-corrected chi connectivity index (χ0v) is 80.8. The summed E-state index contributed by atoms with van der Waals surface area (Å²) in [6.07, 6.45) is 6.13. The van der Waals surface area contributed by atoms with Gasteiger partial charge in [-0.15, -0.1) is 0 Å². The van der Waals surface area contributed by atoms with E-state index in [0.29, 0.717) is 27.9 Å². The number of hydrogen-bond acceptors (Lipinski definition) is 22. The summed E-state index contributed by atoms with van der Waals surface area (Å²) in [6, 6.07) is 56.7. The summed E-state index contributed by atoms with van der Waals surface area (Å²) < 4.78 is 142. The van der Waals surface area contributed by atoms with Crippen molar-refractivity contribution in [1.82, 2.24) is 19.9 Å². The molecule has 0 spiro atoms. The van der Waals surface area contributed by atoms with Gasteiger partial charge in [0.2, 0.25) is 29.0 Å². The van der Waals surface area contributed by atoms with Crippen LogP contribution in [0.3, 0.4) is 0 Å². The molecule has 12 rings (SSSR count). The number of pyridine rings is 4. The molecule has 0 atom stereocenters. The van der Waals surface area contributed by atoms with Gasteiger partial charge < -0.3 is 16.2 Å². The van der Waals surface area contributed by atoms with E-state index in [1.807, 2.05) is 83.1 Å². The molecule has 0 radical (unpaired) electrons. The molecular weight excluding hydrogens is 1860 g/mol. The second kappa shape index (κ2) is 42.0. The van der Waals surface area contributed by atoms with E-state index in [1.165, 1.54) is 129 Å². The number of amides is 1. The van der Waals surface area contributed by atoms with Crippen LogP contribution in [0.15, 0.2) is 263 Å². The molecule has 27 nitrogen and oxygen atoms in total. The predicted octanol–water partition coefficient (Wildman–Crippen LogP) is 18.1. The second-order valence-corrected chi connectivity index (χ2v) is 44.8. The number of sulfone groups is 1. The molecule has 1 amide bonds. The van der Waals surface area contributed by atoms with Gasteiger partial charge in [-0.25, -0.2) is 62.0 Å². The molecule has 0 unspecified atom stereocenters. The highest BCUT2D eigenvalue weighted by Gasteiger charge is 2.30. The number of nitrogens with one attached hydrogen (secondary N) is 4. The predicted molar refractivity (Wildman–Crippen MR) is 512 cm³/mol. The largest absolute Gasteiger partial charge is 0.469 e. The molecule has 0 aliphatic carbocycles. The molecule has 0 saturated carbocycles. The van der Waals surface area contributed by atoms with E-state index in [0.717, 1.165) is 28.5 Å². The third-order valence-electron chi connectivity index (χ3n) is 19.5. The quantitative estimate of drug-likeness (QED) is 0.0167. The van der Waals surface area contributed by atoms with E-state index in [4.69, 9.17) is 57.9 Å². The third-order valence-corrected chi connectivity index (χ3v) is 26.7. The van der Waals surface area contributed by atoms with Crippen molar-refractivity contribution in [1.29, 1.82) is 0 Å².